The first-order valence-corrected chi connectivity index (χ1v) is 10.5. The van der Waals surface area contributed by atoms with Crippen molar-refractivity contribution in [1.29, 1.82) is 0 Å². The molecule has 2 aliphatic rings. The Kier molecular flexibility index (Phi) is 4.97. The molecule has 1 fully saturated rings. The molecule has 8 nitrogen and oxygen atoms in total. The Morgan fingerprint density at radius 3 is 2.94 bits per heavy atom. The van der Waals surface area contributed by atoms with Gasteiger partial charge in [-0.25, -0.2) is 4.39 Å². The summed E-state index contributed by atoms with van der Waals surface area (Å²) in [6.07, 6.45) is 5.04. The summed E-state index contributed by atoms with van der Waals surface area (Å²) in [5, 5.41) is 12.2. The average Bonchev–Trinajstić information content (AvgIpc) is 3.49. The minimum Gasteiger partial charge on any atom is -0.379 e. The standard InChI is InChI=1S/C22H25FN6O2/c1-14(30)28-8-6-20-18(12-28)22(26-29(20)16-7-9-31-13-16)25-19-5-3-4-17(21(19)23)15-10-24-27(2)11-15/h3-5,10-11,16H,6-9,12-13H2,1-2H3,(H,25,26). The van der Waals surface area contributed by atoms with E-state index in [1.54, 1.807) is 48.1 Å². The first kappa shape index (κ1) is 19.7. The number of hydrogen-bond donors (Lipinski definition) is 1. The van der Waals surface area contributed by atoms with Gasteiger partial charge in [-0.05, 0) is 12.5 Å². The molecule has 162 valence electrons. The van der Waals surface area contributed by atoms with Gasteiger partial charge in [0.25, 0.3) is 0 Å². The first-order valence-electron chi connectivity index (χ1n) is 10.5. The first-order chi connectivity index (χ1) is 15.0. The van der Waals surface area contributed by atoms with Gasteiger partial charge >= 0.3 is 0 Å². The number of carbonyl (C=O) groups is 1. The van der Waals surface area contributed by atoms with Crippen LogP contribution in [0.2, 0.25) is 0 Å². The van der Waals surface area contributed by atoms with Gasteiger partial charge in [0.1, 0.15) is 0 Å². The Morgan fingerprint density at radius 2 is 2.23 bits per heavy atom. The lowest BCUT2D eigenvalue weighted by molar-refractivity contribution is -0.129. The molecular weight excluding hydrogens is 399 g/mol. The molecular formula is C22H25FN6O2. The molecule has 9 heteroatoms. The Labute approximate surface area is 179 Å². The van der Waals surface area contributed by atoms with E-state index in [9.17, 15) is 4.79 Å². The summed E-state index contributed by atoms with van der Waals surface area (Å²) in [6, 6.07) is 5.41. The Bertz CT molecular complexity index is 1130. The van der Waals surface area contributed by atoms with Gasteiger partial charge in [-0.15, -0.1) is 0 Å². The van der Waals surface area contributed by atoms with Crippen molar-refractivity contribution in [3.63, 3.8) is 0 Å². The maximum atomic E-state index is 15.4. The van der Waals surface area contributed by atoms with Gasteiger partial charge < -0.3 is 15.0 Å². The minimum atomic E-state index is -0.359. The summed E-state index contributed by atoms with van der Waals surface area (Å²) < 4.78 is 24.6. The second-order valence-electron chi connectivity index (χ2n) is 8.12. The molecule has 0 spiro atoms. The van der Waals surface area contributed by atoms with E-state index in [0.717, 1.165) is 24.1 Å². The molecule has 5 rings (SSSR count). The molecule has 1 aromatic carbocycles. The number of amides is 1. The number of carbonyl (C=O) groups excluding carboxylic acids is 1. The fourth-order valence-electron chi connectivity index (χ4n) is 4.37. The van der Waals surface area contributed by atoms with Crippen molar-refractivity contribution in [2.75, 3.05) is 25.1 Å². The van der Waals surface area contributed by atoms with Gasteiger partial charge in [0.05, 0.1) is 31.1 Å². The summed E-state index contributed by atoms with van der Waals surface area (Å²) in [7, 11) is 1.80. The maximum absolute atomic E-state index is 15.4. The Hall–Kier alpha value is -3.20. The fraction of sp³-hybridized carbons (Fsp3) is 0.409. The molecule has 1 atom stereocenters. The van der Waals surface area contributed by atoms with Gasteiger partial charge in [0.15, 0.2) is 11.6 Å². The fourth-order valence-corrected chi connectivity index (χ4v) is 4.37. The number of benzene rings is 1. The third-order valence-electron chi connectivity index (χ3n) is 6.05. The van der Waals surface area contributed by atoms with Crippen molar-refractivity contribution < 1.29 is 13.9 Å². The van der Waals surface area contributed by atoms with Crippen molar-refractivity contribution in [2.24, 2.45) is 7.05 Å². The molecule has 1 saturated heterocycles. The largest absolute Gasteiger partial charge is 0.379 e. The summed E-state index contributed by atoms with van der Waals surface area (Å²) in [6.45, 7) is 4.03. The van der Waals surface area contributed by atoms with E-state index in [0.29, 0.717) is 48.9 Å². The van der Waals surface area contributed by atoms with E-state index in [1.807, 2.05) is 10.7 Å². The molecule has 3 aromatic rings. The molecule has 1 amide bonds. The van der Waals surface area contributed by atoms with Gasteiger partial charge in [0, 0.05) is 62.1 Å². The molecule has 1 unspecified atom stereocenters. The maximum Gasteiger partial charge on any atom is 0.219 e. The lowest BCUT2D eigenvalue weighted by atomic mass is 10.1. The summed E-state index contributed by atoms with van der Waals surface area (Å²) >= 11 is 0. The molecule has 0 saturated carbocycles. The zero-order valence-corrected chi connectivity index (χ0v) is 17.6. The number of rotatable bonds is 4. The van der Waals surface area contributed by atoms with E-state index < -0.39 is 0 Å². The molecule has 0 radical (unpaired) electrons. The van der Waals surface area contributed by atoms with Crippen LogP contribution in [-0.4, -0.2) is 50.1 Å². The minimum absolute atomic E-state index is 0.0262. The predicted molar refractivity (Wildman–Crippen MR) is 113 cm³/mol. The van der Waals surface area contributed by atoms with E-state index in [-0.39, 0.29) is 17.8 Å². The van der Waals surface area contributed by atoms with Crippen LogP contribution in [0.25, 0.3) is 11.1 Å². The number of nitrogens with one attached hydrogen (secondary N) is 1. The highest BCUT2D eigenvalue weighted by Crippen LogP contribution is 2.34. The van der Waals surface area contributed by atoms with Gasteiger partial charge in [-0.3, -0.25) is 14.2 Å². The number of aryl methyl sites for hydroxylation is 1. The van der Waals surface area contributed by atoms with Crippen molar-refractivity contribution in [1.82, 2.24) is 24.5 Å². The van der Waals surface area contributed by atoms with Crippen LogP contribution in [-0.2, 0) is 29.5 Å². The Balaban J connectivity index is 1.53. The van der Waals surface area contributed by atoms with Crippen LogP contribution in [0.15, 0.2) is 30.6 Å². The quantitative estimate of drug-likeness (QED) is 0.697. The number of halogens is 1. The van der Waals surface area contributed by atoms with Crippen LogP contribution in [0, 0.1) is 5.82 Å². The molecule has 1 N–H and O–H groups in total. The van der Waals surface area contributed by atoms with E-state index in [2.05, 4.69) is 10.4 Å². The number of aromatic nitrogens is 4. The van der Waals surface area contributed by atoms with E-state index in [1.165, 1.54) is 0 Å². The monoisotopic (exact) mass is 424 g/mol. The number of hydrogen-bond acceptors (Lipinski definition) is 5. The van der Waals surface area contributed by atoms with Crippen molar-refractivity contribution >= 4 is 17.4 Å². The molecule has 2 aromatic heterocycles. The molecule has 2 aliphatic heterocycles. The van der Waals surface area contributed by atoms with Crippen molar-refractivity contribution in [3.05, 3.63) is 47.7 Å². The van der Waals surface area contributed by atoms with Crippen molar-refractivity contribution in [3.8, 4) is 11.1 Å². The van der Waals surface area contributed by atoms with E-state index >= 15 is 4.39 Å². The highest BCUT2D eigenvalue weighted by atomic mass is 19.1. The SMILES string of the molecule is CC(=O)N1CCc2c(c(Nc3cccc(-c4cnn(C)c4)c3F)nn2C2CCOC2)C1. The summed E-state index contributed by atoms with van der Waals surface area (Å²) in [4.78, 5) is 13.8. The number of nitrogens with zero attached hydrogens (tertiary/aromatic N) is 5. The van der Waals surface area contributed by atoms with Gasteiger partial charge in [-0.2, -0.15) is 10.2 Å². The zero-order chi connectivity index (χ0) is 21.5. The normalized spacial score (nSPS) is 18.3. The second-order valence-corrected chi connectivity index (χ2v) is 8.12. The smallest absolute Gasteiger partial charge is 0.219 e. The average molecular weight is 424 g/mol. The van der Waals surface area contributed by atoms with Crippen LogP contribution in [0.4, 0.5) is 15.9 Å². The summed E-state index contributed by atoms with van der Waals surface area (Å²) in [5.74, 6) is 0.260. The molecule has 4 heterocycles. The topological polar surface area (TPSA) is 77.2 Å². The van der Waals surface area contributed by atoms with Gasteiger partial charge in [-0.1, -0.05) is 12.1 Å². The highest BCUT2D eigenvalue weighted by Gasteiger charge is 2.30. The highest BCUT2D eigenvalue weighted by molar-refractivity contribution is 5.75. The lowest BCUT2D eigenvalue weighted by Gasteiger charge is -2.27. The molecule has 31 heavy (non-hydrogen) atoms. The van der Waals surface area contributed by atoms with Crippen molar-refractivity contribution in [2.45, 2.75) is 32.4 Å². The van der Waals surface area contributed by atoms with Crippen LogP contribution in [0.5, 0.6) is 0 Å². The van der Waals surface area contributed by atoms with Crippen LogP contribution in [0.1, 0.15) is 30.6 Å². The molecule has 0 aliphatic carbocycles. The zero-order valence-electron chi connectivity index (χ0n) is 17.6. The summed E-state index contributed by atoms with van der Waals surface area (Å²) in [5.41, 5.74) is 3.57. The van der Waals surface area contributed by atoms with Crippen LogP contribution < -0.4 is 5.32 Å². The Morgan fingerprint density at radius 1 is 1.35 bits per heavy atom. The van der Waals surface area contributed by atoms with Crippen LogP contribution >= 0.6 is 0 Å². The lowest BCUT2D eigenvalue weighted by Crippen LogP contribution is -2.35. The van der Waals surface area contributed by atoms with E-state index in [4.69, 9.17) is 9.84 Å². The number of ether oxygens (including phenoxy) is 1. The third kappa shape index (κ3) is 3.59. The van der Waals surface area contributed by atoms with Gasteiger partial charge in [0.2, 0.25) is 5.91 Å². The second kappa shape index (κ2) is 7.81. The predicted octanol–water partition coefficient (Wildman–Crippen LogP) is 3.03. The third-order valence-corrected chi connectivity index (χ3v) is 6.05. The van der Waals surface area contributed by atoms with Crippen LogP contribution in [0.3, 0.4) is 0 Å². The number of fused-ring (bicyclic) bond motifs is 1. The number of anilines is 2. The molecule has 0 bridgehead atoms.